The van der Waals surface area contributed by atoms with Gasteiger partial charge in [0.1, 0.15) is 0 Å². The number of nitrogens with two attached hydrogens (primary N) is 1. The first kappa shape index (κ1) is 7.17. The summed E-state index contributed by atoms with van der Waals surface area (Å²) in [5.74, 6) is -0.481. The molecule has 0 aliphatic carbocycles. The molecule has 0 bridgehead atoms. The van der Waals surface area contributed by atoms with E-state index < -0.39 is 5.91 Å². The highest BCUT2D eigenvalue weighted by Gasteiger charge is 1.91. The first-order valence-corrected chi connectivity index (χ1v) is 2.40. The van der Waals surface area contributed by atoms with Crippen molar-refractivity contribution in [2.75, 3.05) is 13.1 Å². The molecular weight excluding hydrogens is 104 g/mol. The van der Waals surface area contributed by atoms with Gasteiger partial charge in [0.25, 0.3) is 0 Å². The molecule has 1 aliphatic rings. The minimum atomic E-state index is -0.481. The number of rotatable bonds is 1. The lowest BCUT2D eigenvalue weighted by Gasteiger charge is -1.65. The van der Waals surface area contributed by atoms with Crippen LogP contribution in [0.5, 0.6) is 0 Å². The van der Waals surface area contributed by atoms with Gasteiger partial charge in [-0.1, -0.05) is 6.58 Å². The van der Waals surface area contributed by atoms with Crippen molar-refractivity contribution in [3.05, 3.63) is 12.7 Å². The number of nitrogens with one attached hydrogen (secondary N) is 1. The number of primary amides is 1. The zero-order valence-electron chi connectivity index (χ0n) is 4.68. The van der Waals surface area contributed by atoms with Crippen molar-refractivity contribution in [2.45, 2.75) is 0 Å². The van der Waals surface area contributed by atoms with Crippen molar-refractivity contribution in [3.63, 3.8) is 0 Å². The minimum absolute atomic E-state index is 0.481. The van der Waals surface area contributed by atoms with Crippen LogP contribution in [0.1, 0.15) is 0 Å². The highest BCUT2D eigenvalue weighted by atomic mass is 16.1. The predicted molar refractivity (Wildman–Crippen MR) is 32.3 cm³/mol. The van der Waals surface area contributed by atoms with E-state index in [9.17, 15) is 4.79 Å². The van der Waals surface area contributed by atoms with Gasteiger partial charge in [-0.05, 0) is 6.08 Å². The van der Waals surface area contributed by atoms with E-state index in [0.29, 0.717) is 0 Å². The zero-order chi connectivity index (χ0) is 6.41. The maximum atomic E-state index is 9.47. The maximum absolute atomic E-state index is 9.47. The van der Waals surface area contributed by atoms with Crippen LogP contribution in [0.15, 0.2) is 12.7 Å². The smallest absolute Gasteiger partial charge is 0.240 e. The van der Waals surface area contributed by atoms with Crippen molar-refractivity contribution in [2.24, 2.45) is 5.73 Å². The Kier molecular flexibility index (Phi) is 3.88. The molecule has 1 saturated heterocycles. The highest BCUT2D eigenvalue weighted by Crippen LogP contribution is 1.65. The fourth-order valence-electron chi connectivity index (χ4n) is 0. The standard InChI is InChI=1S/C3H5NO.C2H5N/c1-2-3(4)5;1-2-3-1/h2H,1H2,(H2,4,5);3H,1-2H2. The Balaban J connectivity index is 0.000000135. The van der Waals surface area contributed by atoms with E-state index in [4.69, 9.17) is 0 Å². The van der Waals surface area contributed by atoms with Gasteiger partial charge in [-0.3, -0.25) is 4.79 Å². The van der Waals surface area contributed by atoms with Crippen LogP contribution in [-0.4, -0.2) is 19.0 Å². The normalized spacial score (nSPS) is 13.0. The Morgan fingerprint density at radius 1 is 1.75 bits per heavy atom. The average molecular weight is 114 g/mol. The third kappa shape index (κ3) is 19.1. The minimum Gasteiger partial charge on any atom is -0.366 e. The maximum Gasteiger partial charge on any atom is 0.240 e. The fraction of sp³-hybridized carbons (Fsp3) is 0.400. The molecule has 1 aliphatic heterocycles. The summed E-state index contributed by atoms with van der Waals surface area (Å²) in [6.45, 7) is 5.59. The molecule has 0 unspecified atom stereocenters. The van der Waals surface area contributed by atoms with Gasteiger partial charge in [-0.15, -0.1) is 0 Å². The molecule has 1 fully saturated rings. The quantitative estimate of drug-likeness (QED) is 0.348. The lowest BCUT2D eigenvalue weighted by Crippen LogP contribution is -2.04. The van der Waals surface area contributed by atoms with Crippen LogP contribution >= 0.6 is 0 Å². The van der Waals surface area contributed by atoms with Crippen LogP contribution in [0.2, 0.25) is 0 Å². The van der Waals surface area contributed by atoms with Crippen LogP contribution in [0, 0.1) is 0 Å². The third-order valence-corrected chi connectivity index (χ3v) is 0.451. The first-order chi connectivity index (χ1) is 3.77. The molecule has 0 aromatic carbocycles. The molecule has 1 rings (SSSR count). The van der Waals surface area contributed by atoms with Gasteiger partial charge in [-0.2, -0.15) is 0 Å². The molecule has 3 nitrogen and oxygen atoms in total. The Morgan fingerprint density at radius 2 is 2.00 bits per heavy atom. The van der Waals surface area contributed by atoms with Gasteiger partial charge >= 0.3 is 0 Å². The average Bonchev–Trinajstić information content (AvgIpc) is 2.48. The summed E-state index contributed by atoms with van der Waals surface area (Å²) in [5.41, 5.74) is 4.53. The van der Waals surface area contributed by atoms with Crippen molar-refractivity contribution < 1.29 is 4.79 Å². The lowest BCUT2D eigenvalue weighted by atomic mass is 10.6. The van der Waals surface area contributed by atoms with Crippen LogP contribution in [-0.2, 0) is 4.79 Å². The Morgan fingerprint density at radius 3 is 2.00 bits per heavy atom. The van der Waals surface area contributed by atoms with E-state index in [1.54, 1.807) is 0 Å². The largest absolute Gasteiger partial charge is 0.366 e. The van der Waals surface area contributed by atoms with E-state index >= 15 is 0 Å². The van der Waals surface area contributed by atoms with Crippen molar-refractivity contribution >= 4 is 5.91 Å². The number of hydrogen-bond acceptors (Lipinski definition) is 2. The number of hydrogen-bond donors (Lipinski definition) is 2. The summed E-state index contributed by atoms with van der Waals surface area (Å²) in [4.78, 5) is 9.47. The topological polar surface area (TPSA) is 65.0 Å². The fourth-order valence-corrected chi connectivity index (χ4v) is 0. The van der Waals surface area contributed by atoms with E-state index in [-0.39, 0.29) is 0 Å². The second kappa shape index (κ2) is 4.33. The Labute approximate surface area is 48.6 Å². The molecule has 0 spiro atoms. The van der Waals surface area contributed by atoms with Crippen LogP contribution in [0.25, 0.3) is 0 Å². The molecule has 0 aromatic rings. The SMILES string of the molecule is C1CN1.C=CC(N)=O. The first-order valence-electron chi connectivity index (χ1n) is 2.40. The van der Waals surface area contributed by atoms with Crippen molar-refractivity contribution in [3.8, 4) is 0 Å². The number of amides is 1. The van der Waals surface area contributed by atoms with Crippen LogP contribution in [0.3, 0.4) is 0 Å². The summed E-state index contributed by atoms with van der Waals surface area (Å²) in [7, 11) is 0. The van der Waals surface area contributed by atoms with E-state index in [2.05, 4.69) is 17.6 Å². The van der Waals surface area contributed by atoms with E-state index in [1.807, 2.05) is 0 Å². The second-order valence-corrected chi connectivity index (χ2v) is 1.36. The van der Waals surface area contributed by atoms with Gasteiger partial charge < -0.3 is 11.1 Å². The molecule has 0 aromatic heterocycles. The molecule has 3 N–H and O–H groups in total. The molecule has 0 atom stereocenters. The van der Waals surface area contributed by atoms with Gasteiger partial charge in [-0.25, -0.2) is 0 Å². The number of carbonyl (C=O) groups excluding carboxylic acids is 1. The highest BCUT2D eigenvalue weighted by molar-refractivity contribution is 5.84. The number of carbonyl (C=O) groups is 1. The third-order valence-electron chi connectivity index (χ3n) is 0.451. The van der Waals surface area contributed by atoms with Gasteiger partial charge in [0, 0.05) is 13.1 Å². The van der Waals surface area contributed by atoms with Gasteiger partial charge in [0.05, 0.1) is 0 Å². The Bertz CT molecular complexity index is 85.7. The van der Waals surface area contributed by atoms with Crippen LogP contribution in [0.4, 0.5) is 0 Å². The summed E-state index contributed by atoms with van der Waals surface area (Å²) in [6, 6.07) is 0. The molecule has 8 heavy (non-hydrogen) atoms. The van der Waals surface area contributed by atoms with Gasteiger partial charge in [0.2, 0.25) is 5.91 Å². The van der Waals surface area contributed by atoms with E-state index in [0.717, 1.165) is 6.08 Å². The lowest BCUT2D eigenvalue weighted by molar-refractivity contribution is -0.113. The monoisotopic (exact) mass is 114 g/mol. The molecule has 1 amide bonds. The summed E-state index contributed by atoms with van der Waals surface area (Å²) >= 11 is 0. The summed E-state index contributed by atoms with van der Waals surface area (Å²) in [6.07, 6.45) is 1.06. The molecule has 0 radical (unpaired) electrons. The summed E-state index contributed by atoms with van der Waals surface area (Å²) in [5, 5.41) is 3.00. The van der Waals surface area contributed by atoms with Crippen LogP contribution < -0.4 is 11.1 Å². The second-order valence-electron chi connectivity index (χ2n) is 1.36. The predicted octanol–water partition coefficient (Wildman–Crippen LogP) is -0.753. The van der Waals surface area contributed by atoms with Crippen molar-refractivity contribution in [1.29, 1.82) is 0 Å². The Hall–Kier alpha value is -0.830. The molecule has 46 valence electrons. The summed E-state index contributed by atoms with van der Waals surface area (Å²) < 4.78 is 0. The molecular formula is C5H10N2O. The van der Waals surface area contributed by atoms with Gasteiger partial charge in [0.15, 0.2) is 0 Å². The zero-order valence-corrected chi connectivity index (χ0v) is 4.68. The van der Waals surface area contributed by atoms with E-state index in [1.165, 1.54) is 13.1 Å². The molecule has 1 heterocycles. The molecule has 3 heteroatoms. The van der Waals surface area contributed by atoms with Crippen molar-refractivity contribution in [1.82, 2.24) is 5.32 Å². The molecule has 0 saturated carbocycles.